The molecule has 0 saturated carbocycles. The fourth-order valence-electron chi connectivity index (χ4n) is 3.96. The average Bonchev–Trinajstić information content (AvgIpc) is 2.97. The van der Waals surface area contributed by atoms with E-state index < -0.39 is 0 Å². The molecule has 3 N–H and O–H groups in total. The predicted molar refractivity (Wildman–Crippen MR) is 103 cm³/mol. The number of Topliss-reactive ketones (excluding diaryl/α,β-unsaturated/α-hetero) is 1. The van der Waals surface area contributed by atoms with Gasteiger partial charge >= 0.3 is 0 Å². The number of hydrogen-bond donors (Lipinski definition) is 3. The number of ether oxygens (including phenoxy) is 1. The summed E-state index contributed by atoms with van der Waals surface area (Å²) in [5.41, 5.74) is 2.41. The van der Waals surface area contributed by atoms with Crippen LogP contribution in [-0.4, -0.2) is 44.1 Å². The lowest BCUT2D eigenvalue weighted by Gasteiger charge is -2.27. The minimum absolute atomic E-state index is 0.161. The van der Waals surface area contributed by atoms with E-state index in [1.54, 1.807) is 31.2 Å². The highest BCUT2D eigenvalue weighted by Gasteiger charge is 2.35. The second kappa shape index (κ2) is 7.37. The second-order valence-electron chi connectivity index (χ2n) is 7.77. The van der Waals surface area contributed by atoms with E-state index in [2.05, 4.69) is 7.05 Å². The number of hydrogen-bond acceptors (Lipinski definition) is 3. The number of carbonyl (C=O) groups excluding carboxylic acids is 1. The molecule has 0 amide bonds. The summed E-state index contributed by atoms with van der Waals surface area (Å²) in [4.78, 5) is 15.8. The maximum Gasteiger partial charge on any atom is 0.232 e. The second-order valence-corrected chi connectivity index (χ2v) is 7.77. The molecule has 6 heteroatoms. The van der Waals surface area contributed by atoms with Crippen LogP contribution in [0.2, 0.25) is 0 Å². The minimum Gasteiger partial charge on any atom is -0.507 e. The molecule has 0 atom stereocenters. The summed E-state index contributed by atoms with van der Waals surface area (Å²) < 4.78 is 19.4. The quantitative estimate of drug-likeness (QED) is 0.671. The molecule has 0 aromatic heterocycles. The van der Waals surface area contributed by atoms with Gasteiger partial charge in [-0.25, -0.2) is 4.39 Å². The van der Waals surface area contributed by atoms with Gasteiger partial charge in [0.15, 0.2) is 11.5 Å². The van der Waals surface area contributed by atoms with Crippen LogP contribution < -0.4 is 14.5 Å². The number of quaternary nitrogens is 2. The van der Waals surface area contributed by atoms with Gasteiger partial charge in [0.05, 0.1) is 18.2 Å². The largest absolute Gasteiger partial charge is 0.507 e. The first-order chi connectivity index (χ1) is 13.4. The Morgan fingerprint density at radius 2 is 1.96 bits per heavy atom. The summed E-state index contributed by atoms with van der Waals surface area (Å²) in [5, 5.41) is 10.6. The number of carbonyl (C=O) groups is 1. The van der Waals surface area contributed by atoms with Gasteiger partial charge in [0.2, 0.25) is 5.78 Å². The summed E-state index contributed by atoms with van der Waals surface area (Å²) >= 11 is 0. The lowest BCUT2D eigenvalue weighted by atomic mass is 9.99. The van der Waals surface area contributed by atoms with Gasteiger partial charge < -0.3 is 19.6 Å². The van der Waals surface area contributed by atoms with E-state index in [1.165, 1.54) is 21.9 Å². The highest BCUT2D eigenvalue weighted by atomic mass is 19.1. The van der Waals surface area contributed by atoms with Crippen molar-refractivity contribution in [2.45, 2.75) is 13.5 Å². The number of piperazine rings is 1. The van der Waals surface area contributed by atoms with Gasteiger partial charge in [0.25, 0.3) is 0 Å². The van der Waals surface area contributed by atoms with E-state index in [-0.39, 0.29) is 23.1 Å². The van der Waals surface area contributed by atoms with Gasteiger partial charge in [-0.15, -0.1) is 0 Å². The normalized spacial score (nSPS) is 23.0. The van der Waals surface area contributed by atoms with Crippen molar-refractivity contribution in [2.75, 3.05) is 33.2 Å². The summed E-state index contributed by atoms with van der Waals surface area (Å²) in [6.07, 6.45) is 1.55. The van der Waals surface area contributed by atoms with Crippen molar-refractivity contribution in [1.82, 2.24) is 0 Å². The Morgan fingerprint density at radius 1 is 1.21 bits per heavy atom. The van der Waals surface area contributed by atoms with Crippen molar-refractivity contribution < 1.29 is 28.8 Å². The van der Waals surface area contributed by atoms with Gasteiger partial charge in [-0.1, -0.05) is 12.1 Å². The van der Waals surface area contributed by atoms with Gasteiger partial charge in [-0.2, -0.15) is 0 Å². The van der Waals surface area contributed by atoms with Crippen LogP contribution >= 0.6 is 0 Å². The monoisotopic (exact) mass is 384 g/mol. The van der Waals surface area contributed by atoms with Crippen molar-refractivity contribution >= 4 is 11.9 Å². The smallest absolute Gasteiger partial charge is 0.232 e. The van der Waals surface area contributed by atoms with Crippen LogP contribution in [-0.2, 0) is 6.54 Å². The van der Waals surface area contributed by atoms with Crippen LogP contribution in [0.4, 0.5) is 4.39 Å². The summed E-state index contributed by atoms with van der Waals surface area (Å²) in [6.45, 7) is 6.58. The van der Waals surface area contributed by atoms with E-state index in [0.717, 1.165) is 26.2 Å². The average molecular weight is 384 g/mol. The van der Waals surface area contributed by atoms with Crippen LogP contribution in [0, 0.1) is 12.7 Å². The topological polar surface area (TPSA) is 55.4 Å². The Morgan fingerprint density at radius 3 is 2.68 bits per heavy atom. The van der Waals surface area contributed by atoms with Gasteiger partial charge in [0, 0.05) is 0 Å². The summed E-state index contributed by atoms with van der Waals surface area (Å²) in [7, 11) is 2.18. The minimum atomic E-state index is -0.368. The summed E-state index contributed by atoms with van der Waals surface area (Å²) in [5.74, 6) is 0.176. The van der Waals surface area contributed by atoms with Gasteiger partial charge in [-0.3, -0.25) is 4.79 Å². The number of likely N-dealkylation sites (N-methyl/N-ethyl adjacent to an activating group) is 1. The van der Waals surface area contributed by atoms with E-state index in [9.17, 15) is 14.3 Å². The summed E-state index contributed by atoms with van der Waals surface area (Å²) in [6, 6.07) is 7.66. The molecule has 1 fully saturated rings. The number of aromatic hydroxyl groups is 1. The van der Waals surface area contributed by atoms with Gasteiger partial charge in [-0.05, 0) is 42.3 Å². The van der Waals surface area contributed by atoms with Crippen molar-refractivity contribution in [3.63, 3.8) is 0 Å². The molecule has 2 aromatic rings. The van der Waals surface area contributed by atoms with Crippen LogP contribution in [0.3, 0.4) is 0 Å². The lowest BCUT2D eigenvalue weighted by Crippen LogP contribution is -3.26. The standard InChI is InChI=1S/C22H23FN2O3/c1-14-10-18(26)17(13-25-8-6-24(2)7-9-25)22-20(14)21(27)19(28-22)12-15-4-3-5-16(23)11-15/h3-5,10-12,26H,6-9,13H2,1-2H3/p+2/b19-12-. The Hall–Kier alpha value is -2.70. The molecule has 2 heterocycles. The van der Waals surface area contributed by atoms with Crippen LogP contribution in [0.15, 0.2) is 36.1 Å². The van der Waals surface area contributed by atoms with E-state index in [0.29, 0.717) is 34.5 Å². The fraction of sp³-hybridized carbons (Fsp3) is 0.318. The number of phenols is 1. The molecule has 28 heavy (non-hydrogen) atoms. The van der Waals surface area contributed by atoms with Crippen molar-refractivity contribution in [3.8, 4) is 11.5 Å². The Balaban J connectivity index is 1.68. The van der Waals surface area contributed by atoms with Crippen molar-refractivity contribution in [3.05, 3.63) is 64.2 Å². The third-order valence-electron chi connectivity index (χ3n) is 5.60. The Kier molecular flexibility index (Phi) is 4.91. The van der Waals surface area contributed by atoms with Crippen molar-refractivity contribution in [1.29, 1.82) is 0 Å². The molecule has 0 unspecified atom stereocenters. The molecular formula is C22H25FN2O3+2. The number of benzene rings is 2. The van der Waals surface area contributed by atoms with Crippen LogP contribution in [0.5, 0.6) is 11.5 Å². The highest BCUT2D eigenvalue weighted by molar-refractivity contribution is 6.15. The zero-order valence-corrected chi connectivity index (χ0v) is 16.1. The van der Waals surface area contributed by atoms with E-state index in [1.807, 2.05) is 0 Å². The number of phenolic OH excluding ortho intramolecular Hbond substituents is 1. The highest BCUT2D eigenvalue weighted by Crippen LogP contribution is 2.41. The number of rotatable bonds is 3. The molecule has 146 valence electrons. The van der Waals surface area contributed by atoms with Gasteiger partial charge in [0.1, 0.15) is 44.3 Å². The molecule has 0 spiro atoms. The molecule has 0 radical (unpaired) electrons. The number of ketones is 1. The zero-order valence-electron chi connectivity index (χ0n) is 16.1. The molecule has 2 aliphatic heterocycles. The molecule has 0 bridgehead atoms. The molecule has 0 aliphatic carbocycles. The molecule has 4 rings (SSSR count). The third kappa shape index (κ3) is 3.53. The maximum absolute atomic E-state index is 13.5. The SMILES string of the molecule is Cc1cc(O)c(C[NH+]2CC[NH+](C)CC2)c2c1C(=O)/C(=C/c1cccc(F)c1)O2. The van der Waals surface area contributed by atoms with E-state index >= 15 is 0 Å². The number of fused-ring (bicyclic) bond motifs is 1. The molecule has 2 aromatic carbocycles. The fourth-order valence-corrected chi connectivity index (χ4v) is 3.96. The zero-order chi connectivity index (χ0) is 19.8. The van der Waals surface area contributed by atoms with Crippen LogP contribution in [0.25, 0.3) is 6.08 Å². The van der Waals surface area contributed by atoms with Crippen molar-refractivity contribution in [2.24, 2.45) is 0 Å². The van der Waals surface area contributed by atoms with Crippen LogP contribution in [0.1, 0.15) is 27.0 Å². The molecule has 1 saturated heterocycles. The molecule has 5 nitrogen and oxygen atoms in total. The molecular weight excluding hydrogens is 359 g/mol. The lowest BCUT2D eigenvalue weighted by molar-refractivity contribution is -1.01. The number of halogens is 1. The predicted octanol–water partition coefficient (Wildman–Crippen LogP) is 0.369. The number of aryl methyl sites for hydroxylation is 1. The van der Waals surface area contributed by atoms with E-state index in [4.69, 9.17) is 4.74 Å². The maximum atomic E-state index is 13.5. The first-order valence-corrected chi connectivity index (χ1v) is 9.62. The first-order valence-electron chi connectivity index (χ1n) is 9.62. The number of nitrogens with one attached hydrogen (secondary N) is 2. The Labute approximate surface area is 163 Å². The number of allylic oxidation sites excluding steroid dienone is 1. The Bertz CT molecular complexity index is 962. The molecule has 2 aliphatic rings. The first kappa shape index (κ1) is 18.7. The third-order valence-corrected chi connectivity index (χ3v) is 5.60.